The van der Waals surface area contributed by atoms with E-state index in [4.69, 9.17) is 10.5 Å². The van der Waals surface area contributed by atoms with Crippen LogP contribution in [0.15, 0.2) is 12.1 Å². The minimum atomic E-state index is -0.298. The summed E-state index contributed by atoms with van der Waals surface area (Å²) in [5.74, 6) is 0. The van der Waals surface area contributed by atoms with Crippen LogP contribution in [0, 0.1) is 35.2 Å². The van der Waals surface area contributed by atoms with E-state index in [-0.39, 0.29) is 9.49 Å². The van der Waals surface area contributed by atoms with Crippen LogP contribution in [-0.4, -0.2) is 0 Å². The van der Waals surface area contributed by atoms with Crippen LogP contribution in [0.25, 0.3) is 0 Å². The van der Waals surface area contributed by atoms with E-state index in [9.17, 15) is 0 Å². The molecule has 4 heteroatoms. The molecule has 0 fully saturated rings. The molecule has 0 aromatic heterocycles. The highest BCUT2D eigenvalue weighted by Gasteiger charge is 2.33. The second-order valence-electron chi connectivity index (χ2n) is 5.84. The molecule has 2 nitrogen and oxygen atoms in total. The van der Waals surface area contributed by atoms with E-state index in [0.29, 0.717) is 0 Å². The monoisotopic (exact) mass is 304 g/mol. The first-order valence-corrected chi connectivity index (χ1v) is 8.06. The van der Waals surface area contributed by atoms with Crippen molar-refractivity contribution in [2.75, 3.05) is 0 Å². The third-order valence-electron chi connectivity index (χ3n) is 3.59. The Kier molecular flexibility index (Phi) is 5.19. The maximum absolute atomic E-state index is 9.08. The predicted octanol–water partition coefficient (Wildman–Crippen LogP) is 5.20. The standard InChI is InChI=1S/C16H20N2S2/c1-11-7-8-13(15(3,4)19-9-17)14(12(11)2)16(5,6)20-10-18/h7-8H,1-6H3. The molecule has 106 valence electrons. The molecule has 0 aliphatic carbocycles. The molecule has 0 atom stereocenters. The summed E-state index contributed by atoms with van der Waals surface area (Å²) >= 11 is 2.53. The molecule has 0 N–H and O–H groups in total. The Morgan fingerprint density at radius 2 is 1.40 bits per heavy atom. The molecule has 0 spiro atoms. The number of benzene rings is 1. The predicted molar refractivity (Wildman–Crippen MR) is 88.4 cm³/mol. The highest BCUT2D eigenvalue weighted by atomic mass is 32.2. The number of nitrogens with zero attached hydrogens (tertiary/aromatic N) is 2. The van der Waals surface area contributed by atoms with Crippen molar-refractivity contribution in [1.82, 2.24) is 0 Å². The highest BCUT2D eigenvalue weighted by molar-refractivity contribution is 8.04. The van der Waals surface area contributed by atoms with Crippen molar-refractivity contribution in [2.45, 2.75) is 51.0 Å². The van der Waals surface area contributed by atoms with Crippen LogP contribution in [0.5, 0.6) is 0 Å². The summed E-state index contributed by atoms with van der Waals surface area (Å²) in [6, 6.07) is 4.20. The zero-order chi connectivity index (χ0) is 15.6. The Bertz CT molecular complexity index is 590. The topological polar surface area (TPSA) is 47.6 Å². The molecule has 20 heavy (non-hydrogen) atoms. The van der Waals surface area contributed by atoms with Crippen molar-refractivity contribution < 1.29 is 0 Å². The fraction of sp³-hybridized carbons (Fsp3) is 0.500. The van der Waals surface area contributed by atoms with E-state index in [0.717, 1.165) is 5.56 Å². The van der Waals surface area contributed by atoms with E-state index in [1.807, 2.05) is 0 Å². The zero-order valence-electron chi connectivity index (χ0n) is 12.9. The van der Waals surface area contributed by atoms with Gasteiger partial charge >= 0.3 is 0 Å². The number of thiocyanates is 2. The highest BCUT2D eigenvalue weighted by Crippen LogP contribution is 2.46. The normalized spacial score (nSPS) is 11.8. The summed E-state index contributed by atoms with van der Waals surface area (Å²) in [5, 5.41) is 22.5. The van der Waals surface area contributed by atoms with Gasteiger partial charge in [-0.05, 0) is 87.3 Å². The number of rotatable bonds is 4. The molecule has 0 unspecified atom stereocenters. The van der Waals surface area contributed by atoms with Gasteiger partial charge < -0.3 is 0 Å². The SMILES string of the molecule is Cc1ccc(C(C)(C)SC#N)c(C(C)(C)SC#N)c1C. The van der Waals surface area contributed by atoms with Crippen molar-refractivity contribution in [2.24, 2.45) is 0 Å². The minimum absolute atomic E-state index is 0.296. The van der Waals surface area contributed by atoms with Crippen LogP contribution in [0.1, 0.15) is 49.9 Å². The largest absolute Gasteiger partial charge is 0.185 e. The quantitative estimate of drug-likeness (QED) is 0.717. The maximum atomic E-state index is 9.08. The lowest BCUT2D eigenvalue weighted by Crippen LogP contribution is -2.23. The van der Waals surface area contributed by atoms with E-state index >= 15 is 0 Å². The van der Waals surface area contributed by atoms with Gasteiger partial charge in [-0.1, -0.05) is 12.1 Å². The fourth-order valence-corrected chi connectivity index (χ4v) is 3.53. The van der Waals surface area contributed by atoms with Gasteiger partial charge in [0.1, 0.15) is 10.8 Å². The van der Waals surface area contributed by atoms with Gasteiger partial charge in [0.15, 0.2) is 0 Å². The minimum Gasteiger partial charge on any atom is -0.185 e. The molecule has 0 amide bonds. The Morgan fingerprint density at radius 1 is 0.900 bits per heavy atom. The van der Waals surface area contributed by atoms with Crippen molar-refractivity contribution >= 4 is 23.5 Å². The molecular weight excluding hydrogens is 284 g/mol. The van der Waals surface area contributed by atoms with E-state index in [2.05, 4.69) is 64.5 Å². The fourth-order valence-electron chi connectivity index (χ4n) is 2.43. The average Bonchev–Trinajstić information content (AvgIpc) is 2.31. The van der Waals surface area contributed by atoms with Crippen molar-refractivity contribution in [1.29, 1.82) is 10.5 Å². The Hall–Kier alpha value is -1.10. The lowest BCUT2D eigenvalue weighted by atomic mass is 9.84. The average molecular weight is 304 g/mol. The van der Waals surface area contributed by atoms with Crippen LogP contribution in [0.4, 0.5) is 0 Å². The van der Waals surface area contributed by atoms with Crippen molar-refractivity contribution in [3.8, 4) is 10.8 Å². The van der Waals surface area contributed by atoms with Gasteiger partial charge in [0, 0.05) is 4.75 Å². The first-order valence-electron chi connectivity index (χ1n) is 6.42. The number of hydrogen-bond acceptors (Lipinski definition) is 4. The van der Waals surface area contributed by atoms with Crippen LogP contribution in [0.2, 0.25) is 0 Å². The lowest BCUT2D eigenvalue weighted by molar-refractivity contribution is 0.707. The summed E-state index contributed by atoms with van der Waals surface area (Å²) in [6.07, 6.45) is 0. The maximum Gasteiger partial charge on any atom is 0.134 e. The number of thioether (sulfide) groups is 2. The smallest absolute Gasteiger partial charge is 0.134 e. The second-order valence-corrected chi connectivity index (χ2v) is 8.65. The van der Waals surface area contributed by atoms with Crippen LogP contribution >= 0.6 is 23.5 Å². The molecule has 0 saturated carbocycles. The summed E-state index contributed by atoms with van der Waals surface area (Å²) < 4.78 is -0.594. The molecule has 1 rings (SSSR count). The Morgan fingerprint density at radius 3 is 1.90 bits per heavy atom. The van der Waals surface area contributed by atoms with E-state index < -0.39 is 0 Å². The molecule has 0 aliphatic heterocycles. The Balaban J connectivity index is 3.61. The van der Waals surface area contributed by atoms with Crippen LogP contribution in [-0.2, 0) is 9.49 Å². The van der Waals surface area contributed by atoms with Gasteiger partial charge in [-0.2, -0.15) is 10.5 Å². The summed E-state index contributed by atoms with van der Waals surface area (Å²) in [4.78, 5) is 0. The summed E-state index contributed by atoms with van der Waals surface area (Å²) in [6.45, 7) is 12.4. The number of nitriles is 2. The molecule has 0 heterocycles. The number of hydrogen-bond donors (Lipinski definition) is 0. The van der Waals surface area contributed by atoms with Gasteiger partial charge in [-0.25, -0.2) is 0 Å². The third-order valence-corrected chi connectivity index (χ3v) is 5.22. The first-order chi connectivity index (χ1) is 9.17. The van der Waals surface area contributed by atoms with E-state index in [1.165, 1.54) is 40.2 Å². The van der Waals surface area contributed by atoms with Gasteiger partial charge in [0.25, 0.3) is 0 Å². The molecule has 0 saturated heterocycles. The van der Waals surface area contributed by atoms with Gasteiger partial charge in [-0.15, -0.1) is 0 Å². The molecular formula is C16H20N2S2. The van der Waals surface area contributed by atoms with Gasteiger partial charge in [0.05, 0.1) is 4.75 Å². The molecule has 0 aliphatic rings. The molecule has 1 aromatic carbocycles. The zero-order valence-corrected chi connectivity index (χ0v) is 14.5. The van der Waals surface area contributed by atoms with Crippen LogP contribution in [0.3, 0.4) is 0 Å². The van der Waals surface area contributed by atoms with Crippen molar-refractivity contribution in [3.05, 3.63) is 34.4 Å². The van der Waals surface area contributed by atoms with Gasteiger partial charge in [-0.3, -0.25) is 0 Å². The number of aryl methyl sites for hydroxylation is 1. The van der Waals surface area contributed by atoms with E-state index in [1.54, 1.807) is 0 Å². The second kappa shape index (κ2) is 6.12. The molecule has 0 radical (unpaired) electrons. The lowest BCUT2D eigenvalue weighted by Gasteiger charge is -2.33. The summed E-state index contributed by atoms with van der Waals surface area (Å²) in [7, 11) is 0. The first kappa shape index (κ1) is 17.0. The Labute approximate surface area is 130 Å². The molecule has 1 aromatic rings. The van der Waals surface area contributed by atoms with Crippen molar-refractivity contribution in [3.63, 3.8) is 0 Å². The molecule has 0 bridgehead atoms. The van der Waals surface area contributed by atoms with Gasteiger partial charge in [0.2, 0.25) is 0 Å². The summed E-state index contributed by atoms with van der Waals surface area (Å²) in [5.41, 5.74) is 4.74. The third kappa shape index (κ3) is 3.32. The van der Waals surface area contributed by atoms with Crippen LogP contribution < -0.4 is 0 Å².